The maximum Gasteiger partial charge on any atom is 0.341 e. The summed E-state index contributed by atoms with van der Waals surface area (Å²) >= 11 is 19.9. The lowest BCUT2D eigenvalue weighted by molar-refractivity contribution is -0.139. The lowest BCUT2D eigenvalue weighted by atomic mass is 9.94. The van der Waals surface area contributed by atoms with Gasteiger partial charge in [-0.1, -0.05) is 58.3 Å². The summed E-state index contributed by atoms with van der Waals surface area (Å²) < 4.78 is 7.05. The molecule has 204 valence electrons. The molecule has 2 aromatic carbocycles. The molecular formula is C27H24Cl3N3O5S. The van der Waals surface area contributed by atoms with E-state index in [4.69, 9.17) is 44.6 Å². The third kappa shape index (κ3) is 5.91. The lowest BCUT2D eigenvalue weighted by Crippen LogP contribution is -2.43. The molecule has 12 heteroatoms. The Morgan fingerprint density at radius 3 is 2.31 bits per heavy atom. The minimum Gasteiger partial charge on any atom is -0.479 e. The van der Waals surface area contributed by atoms with Crippen molar-refractivity contribution in [3.63, 3.8) is 0 Å². The van der Waals surface area contributed by atoms with Crippen molar-refractivity contribution in [2.45, 2.75) is 26.8 Å². The van der Waals surface area contributed by atoms with E-state index >= 15 is 0 Å². The van der Waals surface area contributed by atoms with E-state index in [2.05, 4.69) is 4.99 Å². The molecule has 1 amide bonds. The Bertz CT molecular complexity index is 1630. The van der Waals surface area contributed by atoms with Gasteiger partial charge in [0, 0.05) is 18.1 Å². The van der Waals surface area contributed by atoms with Gasteiger partial charge in [-0.15, -0.1) is 0 Å². The molecule has 0 saturated heterocycles. The number of carbonyl (C=O) groups excluding carboxylic acids is 1. The monoisotopic (exact) mass is 607 g/mol. The number of halogens is 3. The number of allylic oxidation sites excluding steroid dienone is 1. The van der Waals surface area contributed by atoms with E-state index in [0.717, 1.165) is 5.56 Å². The molecule has 1 aliphatic rings. The van der Waals surface area contributed by atoms with Gasteiger partial charge < -0.3 is 14.7 Å². The molecule has 0 radical (unpaired) electrons. The zero-order chi connectivity index (χ0) is 28.4. The van der Waals surface area contributed by atoms with Crippen LogP contribution in [0, 0.1) is 0 Å². The van der Waals surface area contributed by atoms with Crippen LogP contribution in [0.5, 0.6) is 5.75 Å². The molecule has 0 aliphatic carbocycles. The molecule has 0 unspecified atom stereocenters. The third-order valence-corrected chi connectivity index (χ3v) is 7.94. The number of amides is 1. The van der Waals surface area contributed by atoms with Gasteiger partial charge in [-0.3, -0.25) is 14.2 Å². The number of thiazole rings is 1. The van der Waals surface area contributed by atoms with Crippen LogP contribution in [0.15, 0.2) is 57.5 Å². The van der Waals surface area contributed by atoms with Crippen LogP contribution in [0.4, 0.5) is 0 Å². The molecule has 8 nitrogen and oxygen atoms in total. The van der Waals surface area contributed by atoms with Crippen LogP contribution >= 0.6 is 46.1 Å². The Balaban J connectivity index is 1.88. The molecule has 1 atom stereocenters. The summed E-state index contributed by atoms with van der Waals surface area (Å²) in [5.74, 6) is -1.32. The van der Waals surface area contributed by atoms with Crippen molar-refractivity contribution in [1.82, 2.24) is 9.47 Å². The fourth-order valence-electron chi connectivity index (χ4n) is 4.32. The van der Waals surface area contributed by atoms with Crippen LogP contribution in [-0.2, 0) is 9.59 Å². The second-order valence-corrected chi connectivity index (χ2v) is 10.9. The molecule has 0 saturated carbocycles. The average Bonchev–Trinajstić information content (AvgIpc) is 3.17. The summed E-state index contributed by atoms with van der Waals surface area (Å²) in [7, 11) is 0. The smallest absolute Gasteiger partial charge is 0.341 e. The Labute approximate surface area is 243 Å². The van der Waals surface area contributed by atoms with E-state index in [-0.39, 0.29) is 27.3 Å². The maximum atomic E-state index is 13.8. The zero-order valence-corrected chi connectivity index (χ0v) is 24.3. The van der Waals surface area contributed by atoms with E-state index in [1.54, 1.807) is 42.2 Å². The van der Waals surface area contributed by atoms with Crippen molar-refractivity contribution in [3.8, 4) is 5.75 Å². The Kier molecular flexibility index (Phi) is 8.86. The molecule has 0 bridgehead atoms. The molecule has 3 aromatic rings. The first-order valence-electron chi connectivity index (χ1n) is 12.0. The number of carbonyl (C=O) groups is 2. The van der Waals surface area contributed by atoms with E-state index in [0.29, 0.717) is 44.3 Å². The van der Waals surface area contributed by atoms with Crippen LogP contribution in [0.1, 0.15) is 37.9 Å². The first kappa shape index (κ1) is 28.9. The predicted octanol–water partition coefficient (Wildman–Crippen LogP) is 4.53. The van der Waals surface area contributed by atoms with Crippen molar-refractivity contribution in [2.24, 2.45) is 4.99 Å². The second-order valence-electron chi connectivity index (χ2n) is 8.61. The van der Waals surface area contributed by atoms with Crippen molar-refractivity contribution in [1.29, 1.82) is 0 Å². The molecule has 0 spiro atoms. The summed E-state index contributed by atoms with van der Waals surface area (Å²) in [5, 5.41) is 9.61. The summed E-state index contributed by atoms with van der Waals surface area (Å²) in [5.41, 5.74) is 1.85. The quantitative estimate of drug-likeness (QED) is 0.405. The van der Waals surface area contributed by atoms with Gasteiger partial charge in [-0.2, -0.15) is 0 Å². The second kappa shape index (κ2) is 12.0. The summed E-state index contributed by atoms with van der Waals surface area (Å²) in [6.07, 6.45) is 1.62. The number of ether oxygens (including phenoxy) is 1. The van der Waals surface area contributed by atoms with Crippen molar-refractivity contribution >= 4 is 64.1 Å². The summed E-state index contributed by atoms with van der Waals surface area (Å²) in [6.45, 7) is 5.99. The highest BCUT2D eigenvalue weighted by Gasteiger charge is 2.34. The topological polar surface area (TPSA) is 101 Å². The first-order chi connectivity index (χ1) is 18.5. The molecule has 39 heavy (non-hydrogen) atoms. The molecular weight excluding hydrogens is 585 g/mol. The number of hydrogen-bond acceptors (Lipinski definition) is 6. The number of rotatable bonds is 8. The summed E-state index contributed by atoms with van der Waals surface area (Å²) in [4.78, 5) is 45.1. The van der Waals surface area contributed by atoms with Gasteiger partial charge in [0.05, 0.1) is 31.9 Å². The highest BCUT2D eigenvalue weighted by atomic mass is 35.5. The zero-order valence-electron chi connectivity index (χ0n) is 21.2. The molecule has 0 fully saturated rings. The van der Waals surface area contributed by atoms with Crippen molar-refractivity contribution in [3.05, 3.63) is 93.6 Å². The minimum atomic E-state index is -1.17. The van der Waals surface area contributed by atoms with E-state index in [1.807, 2.05) is 13.8 Å². The molecule has 4 rings (SSSR count). The van der Waals surface area contributed by atoms with Crippen LogP contribution in [0.3, 0.4) is 0 Å². The van der Waals surface area contributed by atoms with Gasteiger partial charge >= 0.3 is 5.97 Å². The number of nitrogens with zero attached hydrogens (tertiary/aromatic N) is 3. The highest BCUT2D eigenvalue weighted by molar-refractivity contribution is 7.07. The lowest BCUT2D eigenvalue weighted by Gasteiger charge is -2.29. The average molecular weight is 609 g/mol. The molecule has 1 aromatic heterocycles. The Hall–Kier alpha value is -3.11. The van der Waals surface area contributed by atoms with Gasteiger partial charge in [0.15, 0.2) is 17.2 Å². The maximum absolute atomic E-state index is 13.8. The molecule has 1 N–H and O–H groups in total. The van der Waals surface area contributed by atoms with Gasteiger partial charge in [0.1, 0.15) is 0 Å². The van der Waals surface area contributed by atoms with E-state index in [1.165, 1.54) is 28.0 Å². The Morgan fingerprint density at radius 1 is 1.13 bits per heavy atom. The SMILES string of the molecule is CCN(CC)C(=O)C1=C(C)N=c2s/c(=C/c3cc(Cl)c(OCC(=O)O)c(Cl)c3)c(=O)n2[C@@H]1c1ccc(Cl)cc1. The predicted molar refractivity (Wildman–Crippen MR) is 153 cm³/mol. The summed E-state index contributed by atoms with van der Waals surface area (Å²) in [6, 6.07) is 9.40. The fraction of sp³-hybridized carbons (Fsp3) is 0.259. The Morgan fingerprint density at radius 2 is 1.74 bits per heavy atom. The minimum absolute atomic E-state index is 0.0391. The number of aliphatic carboxylic acids is 1. The van der Waals surface area contributed by atoms with Crippen molar-refractivity contribution < 1.29 is 19.4 Å². The number of carboxylic acids is 1. The largest absolute Gasteiger partial charge is 0.479 e. The van der Waals surface area contributed by atoms with Gasteiger partial charge in [0.2, 0.25) is 0 Å². The number of likely N-dealkylation sites (N-methyl/N-ethyl adjacent to an activating group) is 1. The van der Waals surface area contributed by atoms with Crippen LogP contribution in [0.2, 0.25) is 15.1 Å². The van der Waals surface area contributed by atoms with Crippen LogP contribution in [0.25, 0.3) is 6.08 Å². The van der Waals surface area contributed by atoms with Crippen molar-refractivity contribution in [2.75, 3.05) is 19.7 Å². The molecule has 1 aliphatic heterocycles. The third-order valence-electron chi connectivity index (χ3n) is 6.15. The first-order valence-corrected chi connectivity index (χ1v) is 13.9. The fourth-order valence-corrected chi connectivity index (χ4v) is 6.11. The van der Waals surface area contributed by atoms with Crippen LogP contribution in [-0.4, -0.2) is 46.1 Å². The number of benzene rings is 2. The van der Waals surface area contributed by atoms with E-state index in [9.17, 15) is 14.4 Å². The number of fused-ring (bicyclic) bond motifs is 1. The van der Waals surface area contributed by atoms with E-state index < -0.39 is 18.6 Å². The van der Waals surface area contributed by atoms with Gasteiger partial charge in [-0.05, 0) is 62.2 Å². The number of hydrogen-bond donors (Lipinski definition) is 1. The van der Waals surface area contributed by atoms with Gasteiger partial charge in [-0.25, -0.2) is 9.79 Å². The number of aromatic nitrogens is 1. The number of carboxylic acid groups (broad SMARTS) is 1. The molecule has 2 heterocycles. The normalized spacial score (nSPS) is 15.1. The van der Waals surface area contributed by atoms with Gasteiger partial charge in [0.25, 0.3) is 11.5 Å². The van der Waals surface area contributed by atoms with Crippen LogP contribution < -0.4 is 19.6 Å². The standard InChI is InChI=1S/C27H24Cl3N3O5S/c1-4-32(5-2)26(37)22-14(3)31-27-33(23(22)16-6-8-17(28)9-7-16)25(36)20(39-27)12-15-10-18(29)24(19(30)11-15)38-13-21(34)35/h6-12,23H,4-5,13H2,1-3H3,(H,34,35)/b20-12+/t23-/m1/s1. The highest BCUT2D eigenvalue weighted by Crippen LogP contribution is 2.35.